The fraction of sp³-hybridized carbons (Fsp3) is 0.562. The molecule has 0 spiro atoms. The third-order valence-electron chi connectivity index (χ3n) is 3.75. The lowest BCUT2D eigenvalue weighted by Crippen LogP contribution is -2.24. The second-order valence-electron chi connectivity index (χ2n) is 5.41. The lowest BCUT2D eigenvalue weighted by molar-refractivity contribution is 0.135. The molecule has 1 aromatic carbocycles. The zero-order valence-corrected chi connectivity index (χ0v) is 12.9. The fourth-order valence-electron chi connectivity index (χ4n) is 2.58. The number of rotatable bonds is 7. The van der Waals surface area contributed by atoms with E-state index in [1.165, 1.54) is 12.0 Å². The van der Waals surface area contributed by atoms with E-state index in [0.29, 0.717) is 6.54 Å². The molecule has 0 aromatic heterocycles. The molecule has 1 heterocycles. The van der Waals surface area contributed by atoms with Gasteiger partial charge in [-0.25, -0.2) is 13.6 Å². The number of unbranched alkanes of at least 4 members (excludes halogenated alkanes) is 3. The van der Waals surface area contributed by atoms with Crippen LogP contribution in [-0.2, 0) is 4.74 Å². The molecule has 1 amide bonds. The Bertz CT molecular complexity index is 513. The number of amides is 1. The highest BCUT2D eigenvalue weighted by Crippen LogP contribution is 2.30. The lowest BCUT2D eigenvalue weighted by atomic mass is 10.1. The third kappa shape index (κ3) is 3.67. The van der Waals surface area contributed by atoms with Gasteiger partial charge in [-0.2, -0.15) is 0 Å². The van der Waals surface area contributed by atoms with E-state index < -0.39 is 23.5 Å². The molecule has 1 aliphatic heterocycles. The maximum Gasteiger partial charge on any atom is 0.414 e. The molecule has 1 saturated heterocycles. The molecular weight excluding hydrogens is 292 g/mol. The van der Waals surface area contributed by atoms with Crippen molar-refractivity contribution in [1.82, 2.24) is 0 Å². The van der Waals surface area contributed by atoms with Gasteiger partial charge in [0.25, 0.3) is 0 Å². The first-order valence-corrected chi connectivity index (χ1v) is 7.58. The number of hydrogen-bond donors (Lipinski definition) is 0. The number of carbonyl (C=O) groups excluding carboxylic acids is 1. The number of nitrogens with zero attached hydrogens (tertiary/aromatic N) is 1. The van der Waals surface area contributed by atoms with E-state index in [9.17, 15) is 13.6 Å². The van der Waals surface area contributed by atoms with Crippen molar-refractivity contribution >= 4 is 11.8 Å². The number of benzene rings is 1. The Balaban J connectivity index is 2.02. The number of methoxy groups -OCH3 is 1. The summed E-state index contributed by atoms with van der Waals surface area (Å²) in [5.74, 6) is -2.12. The summed E-state index contributed by atoms with van der Waals surface area (Å²) in [7, 11) is 1.19. The van der Waals surface area contributed by atoms with E-state index in [1.54, 1.807) is 0 Å². The molecule has 1 unspecified atom stereocenters. The van der Waals surface area contributed by atoms with Crippen molar-refractivity contribution in [3.63, 3.8) is 0 Å². The van der Waals surface area contributed by atoms with Gasteiger partial charge >= 0.3 is 6.09 Å². The van der Waals surface area contributed by atoms with Crippen LogP contribution in [0.3, 0.4) is 0 Å². The fourth-order valence-corrected chi connectivity index (χ4v) is 2.58. The normalized spacial score (nSPS) is 17.7. The SMILES string of the molecule is CCCCCCC1CN(c2cc(F)c(OC)c(F)c2)C(=O)O1. The first-order valence-electron chi connectivity index (χ1n) is 7.58. The van der Waals surface area contributed by atoms with E-state index in [0.717, 1.165) is 44.2 Å². The highest BCUT2D eigenvalue weighted by molar-refractivity contribution is 5.89. The Morgan fingerprint density at radius 1 is 1.27 bits per heavy atom. The Morgan fingerprint density at radius 3 is 2.55 bits per heavy atom. The van der Waals surface area contributed by atoms with E-state index >= 15 is 0 Å². The molecule has 2 rings (SSSR count). The summed E-state index contributed by atoms with van der Waals surface area (Å²) in [5, 5.41) is 0. The summed E-state index contributed by atoms with van der Waals surface area (Å²) in [6.07, 6.45) is 4.34. The Hall–Kier alpha value is -1.85. The number of anilines is 1. The van der Waals surface area contributed by atoms with Crippen LogP contribution in [0.1, 0.15) is 39.0 Å². The van der Waals surface area contributed by atoms with Crippen molar-refractivity contribution in [1.29, 1.82) is 0 Å². The van der Waals surface area contributed by atoms with Gasteiger partial charge in [0.2, 0.25) is 0 Å². The Morgan fingerprint density at radius 2 is 1.95 bits per heavy atom. The van der Waals surface area contributed by atoms with Crippen molar-refractivity contribution in [3.8, 4) is 5.75 Å². The molecule has 0 radical (unpaired) electrons. The van der Waals surface area contributed by atoms with Crippen LogP contribution in [0.5, 0.6) is 5.75 Å². The summed E-state index contributed by atoms with van der Waals surface area (Å²) in [6, 6.07) is 2.17. The van der Waals surface area contributed by atoms with Crippen molar-refractivity contribution in [2.45, 2.75) is 45.1 Å². The zero-order valence-electron chi connectivity index (χ0n) is 12.9. The highest BCUT2D eigenvalue weighted by atomic mass is 19.1. The largest absolute Gasteiger partial charge is 0.491 e. The minimum absolute atomic E-state index is 0.150. The van der Waals surface area contributed by atoms with E-state index in [4.69, 9.17) is 4.74 Å². The van der Waals surface area contributed by atoms with Gasteiger partial charge in [-0.1, -0.05) is 26.2 Å². The maximum atomic E-state index is 13.7. The highest BCUT2D eigenvalue weighted by Gasteiger charge is 2.32. The van der Waals surface area contributed by atoms with Gasteiger partial charge in [0, 0.05) is 12.1 Å². The molecule has 0 N–H and O–H groups in total. The zero-order chi connectivity index (χ0) is 16.1. The molecule has 4 nitrogen and oxygen atoms in total. The van der Waals surface area contributed by atoms with Crippen LogP contribution in [-0.4, -0.2) is 25.9 Å². The van der Waals surface area contributed by atoms with Crippen molar-refractivity contribution in [3.05, 3.63) is 23.8 Å². The predicted octanol–water partition coefficient (Wildman–Crippen LogP) is 4.27. The van der Waals surface area contributed by atoms with Crippen molar-refractivity contribution < 1.29 is 23.0 Å². The van der Waals surface area contributed by atoms with Crippen LogP contribution in [0.15, 0.2) is 12.1 Å². The van der Waals surface area contributed by atoms with Crippen LogP contribution in [0.4, 0.5) is 19.3 Å². The molecule has 1 aliphatic rings. The summed E-state index contributed by atoms with van der Waals surface area (Å²) >= 11 is 0. The van der Waals surface area contributed by atoms with E-state index in [2.05, 4.69) is 11.7 Å². The minimum Gasteiger partial charge on any atom is -0.491 e. The molecule has 122 valence electrons. The molecule has 0 saturated carbocycles. The van der Waals surface area contributed by atoms with E-state index in [-0.39, 0.29) is 11.8 Å². The second kappa shape index (κ2) is 7.42. The molecular formula is C16H21F2NO3. The monoisotopic (exact) mass is 313 g/mol. The van der Waals surface area contributed by atoms with Gasteiger partial charge in [0.15, 0.2) is 17.4 Å². The molecule has 0 aliphatic carbocycles. The predicted molar refractivity (Wildman–Crippen MR) is 79.3 cm³/mol. The van der Waals surface area contributed by atoms with E-state index in [1.807, 2.05) is 0 Å². The van der Waals surface area contributed by atoms with Crippen LogP contribution in [0.25, 0.3) is 0 Å². The molecule has 0 bridgehead atoms. The summed E-state index contributed by atoms with van der Waals surface area (Å²) < 4.78 is 37.4. The Kier molecular flexibility index (Phi) is 5.57. The summed E-state index contributed by atoms with van der Waals surface area (Å²) in [5.41, 5.74) is 0.150. The average molecular weight is 313 g/mol. The van der Waals surface area contributed by atoms with Crippen LogP contribution < -0.4 is 9.64 Å². The molecule has 6 heteroatoms. The second-order valence-corrected chi connectivity index (χ2v) is 5.41. The quantitative estimate of drug-likeness (QED) is 0.706. The number of halogens is 2. The third-order valence-corrected chi connectivity index (χ3v) is 3.75. The Labute approximate surface area is 129 Å². The standard InChI is InChI=1S/C16H21F2NO3/c1-3-4-5-6-7-12-10-19(16(20)22-12)11-8-13(17)15(21-2)14(18)9-11/h8-9,12H,3-7,10H2,1-2H3. The first kappa shape index (κ1) is 16.5. The number of ether oxygens (including phenoxy) is 2. The molecule has 22 heavy (non-hydrogen) atoms. The number of hydrogen-bond acceptors (Lipinski definition) is 3. The molecule has 1 fully saturated rings. The summed E-state index contributed by atoms with van der Waals surface area (Å²) in [6.45, 7) is 2.44. The summed E-state index contributed by atoms with van der Waals surface area (Å²) in [4.78, 5) is 13.1. The van der Waals surface area contributed by atoms with Crippen LogP contribution in [0.2, 0.25) is 0 Å². The topological polar surface area (TPSA) is 38.8 Å². The molecule has 1 atom stereocenters. The maximum absolute atomic E-state index is 13.7. The average Bonchev–Trinajstić information content (AvgIpc) is 2.84. The van der Waals surface area contributed by atoms with Crippen molar-refractivity contribution in [2.24, 2.45) is 0 Å². The first-order chi connectivity index (χ1) is 10.6. The van der Waals surface area contributed by atoms with Crippen LogP contribution >= 0.6 is 0 Å². The van der Waals surface area contributed by atoms with Gasteiger partial charge in [-0.15, -0.1) is 0 Å². The van der Waals surface area contributed by atoms with Gasteiger partial charge < -0.3 is 9.47 Å². The van der Waals surface area contributed by atoms with Crippen LogP contribution in [0, 0.1) is 11.6 Å². The van der Waals surface area contributed by atoms with Crippen molar-refractivity contribution in [2.75, 3.05) is 18.6 Å². The molecule has 1 aromatic rings. The lowest BCUT2D eigenvalue weighted by Gasteiger charge is -2.14. The van der Waals surface area contributed by atoms with Gasteiger partial charge in [-0.3, -0.25) is 4.90 Å². The number of cyclic esters (lactones) is 1. The number of carbonyl (C=O) groups is 1. The van der Waals surface area contributed by atoms with Gasteiger partial charge in [-0.05, 0) is 12.8 Å². The van der Waals surface area contributed by atoms with Gasteiger partial charge in [0.1, 0.15) is 6.10 Å². The minimum atomic E-state index is -0.836. The smallest absolute Gasteiger partial charge is 0.414 e. The van der Waals surface area contributed by atoms with Gasteiger partial charge in [0.05, 0.1) is 19.3 Å².